The standard InChI is InChI=1S/C9H18N2O3/c1-11(7-3-4-14-5-7)9(12)8(10)6-13-2/h7-8H,3-6,10H2,1-2H3. The Morgan fingerprint density at radius 3 is 3.00 bits per heavy atom. The normalized spacial score (nSPS) is 23.5. The van der Waals surface area contributed by atoms with Gasteiger partial charge in [0.15, 0.2) is 0 Å². The average molecular weight is 202 g/mol. The van der Waals surface area contributed by atoms with E-state index in [4.69, 9.17) is 15.2 Å². The first-order valence-electron chi connectivity index (χ1n) is 4.75. The minimum atomic E-state index is -0.564. The molecule has 0 saturated carbocycles. The van der Waals surface area contributed by atoms with Gasteiger partial charge in [0, 0.05) is 20.8 Å². The summed E-state index contributed by atoms with van der Waals surface area (Å²) in [6.45, 7) is 1.60. The summed E-state index contributed by atoms with van der Waals surface area (Å²) in [6, 6.07) is -0.393. The Morgan fingerprint density at radius 2 is 2.50 bits per heavy atom. The van der Waals surface area contributed by atoms with Crippen LogP contribution >= 0.6 is 0 Å². The molecule has 1 heterocycles. The number of carbonyl (C=O) groups is 1. The van der Waals surface area contributed by atoms with Crippen LogP contribution in [0.1, 0.15) is 6.42 Å². The van der Waals surface area contributed by atoms with E-state index < -0.39 is 6.04 Å². The van der Waals surface area contributed by atoms with Crippen LogP contribution in [0.3, 0.4) is 0 Å². The Balaban J connectivity index is 2.42. The zero-order valence-corrected chi connectivity index (χ0v) is 8.73. The molecule has 0 aliphatic carbocycles. The van der Waals surface area contributed by atoms with E-state index in [0.717, 1.165) is 13.0 Å². The molecular weight excluding hydrogens is 184 g/mol. The third-order valence-electron chi connectivity index (χ3n) is 2.46. The van der Waals surface area contributed by atoms with E-state index in [0.29, 0.717) is 6.61 Å². The zero-order chi connectivity index (χ0) is 10.6. The van der Waals surface area contributed by atoms with Crippen LogP contribution in [0, 0.1) is 0 Å². The fraction of sp³-hybridized carbons (Fsp3) is 0.889. The summed E-state index contributed by atoms with van der Waals surface area (Å²) < 4.78 is 10.0. The first kappa shape index (κ1) is 11.4. The van der Waals surface area contributed by atoms with Crippen LogP contribution in [-0.4, -0.2) is 56.9 Å². The maximum atomic E-state index is 11.7. The van der Waals surface area contributed by atoms with Crippen molar-refractivity contribution in [3.63, 3.8) is 0 Å². The summed E-state index contributed by atoms with van der Waals surface area (Å²) in [4.78, 5) is 13.3. The Labute approximate surface area is 84.1 Å². The van der Waals surface area contributed by atoms with Crippen molar-refractivity contribution in [3.05, 3.63) is 0 Å². The van der Waals surface area contributed by atoms with Crippen molar-refractivity contribution in [3.8, 4) is 0 Å². The van der Waals surface area contributed by atoms with Gasteiger partial charge < -0.3 is 20.1 Å². The van der Waals surface area contributed by atoms with Gasteiger partial charge in [-0.05, 0) is 6.42 Å². The summed E-state index contributed by atoms with van der Waals surface area (Å²) in [5.74, 6) is -0.0812. The topological polar surface area (TPSA) is 64.8 Å². The molecule has 0 aromatic carbocycles. The minimum absolute atomic E-state index is 0.0812. The third-order valence-corrected chi connectivity index (χ3v) is 2.46. The Morgan fingerprint density at radius 1 is 1.79 bits per heavy atom. The fourth-order valence-corrected chi connectivity index (χ4v) is 1.52. The molecule has 2 unspecified atom stereocenters. The number of ether oxygens (including phenoxy) is 2. The number of amides is 1. The summed E-state index contributed by atoms with van der Waals surface area (Å²) in [7, 11) is 3.29. The molecule has 1 rings (SSSR count). The van der Waals surface area contributed by atoms with Gasteiger partial charge in [-0.1, -0.05) is 0 Å². The van der Waals surface area contributed by atoms with E-state index in [1.807, 2.05) is 0 Å². The van der Waals surface area contributed by atoms with Crippen LogP contribution in [0.15, 0.2) is 0 Å². The van der Waals surface area contributed by atoms with Gasteiger partial charge in [0.1, 0.15) is 6.04 Å². The lowest BCUT2D eigenvalue weighted by atomic mass is 10.2. The number of hydrogen-bond acceptors (Lipinski definition) is 4. The Kier molecular flexibility index (Phi) is 4.31. The molecule has 0 spiro atoms. The highest BCUT2D eigenvalue weighted by Crippen LogP contribution is 2.11. The van der Waals surface area contributed by atoms with Gasteiger partial charge in [-0.3, -0.25) is 4.79 Å². The van der Waals surface area contributed by atoms with Crippen molar-refractivity contribution < 1.29 is 14.3 Å². The third kappa shape index (κ3) is 2.67. The molecule has 0 radical (unpaired) electrons. The van der Waals surface area contributed by atoms with Crippen molar-refractivity contribution >= 4 is 5.91 Å². The summed E-state index contributed by atoms with van der Waals surface area (Å²) in [5.41, 5.74) is 5.64. The van der Waals surface area contributed by atoms with Gasteiger partial charge in [-0.25, -0.2) is 0 Å². The largest absolute Gasteiger partial charge is 0.383 e. The highest BCUT2D eigenvalue weighted by molar-refractivity contribution is 5.81. The molecule has 1 aliphatic rings. The smallest absolute Gasteiger partial charge is 0.241 e. The van der Waals surface area contributed by atoms with Crippen molar-refractivity contribution in [1.82, 2.24) is 4.90 Å². The number of rotatable bonds is 4. The molecular formula is C9H18N2O3. The molecule has 0 bridgehead atoms. The SMILES string of the molecule is COCC(N)C(=O)N(C)C1CCOC1. The molecule has 5 heteroatoms. The quantitative estimate of drug-likeness (QED) is 0.648. The zero-order valence-electron chi connectivity index (χ0n) is 8.73. The molecule has 14 heavy (non-hydrogen) atoms. The first-order valence-corrected chi connectivity index (χ1v) is 4.75. The lowest BCUT2D eigenvalue weighted by Gasteiger charge is -2.25. The second-order valence-corrected chi connectivity index (χ2v) is 3.53. The van der Waals surface area contributed by atoms with Gasteiger partial charge in [0.05, 0.1) is 19.3 Å². The Bertz CT molecular complexity index is 192. The summed E-state index contributed by atoms with van der Waals surface area (Å²) in [5, 5.41) is 0. The molecule has 5 nitrogen and oxygen atoms in total. The van der Waals surface area contributed by atoms with Crippen LogP contribution in [0.4, 0.5) is 0 Å². The van der Waals surface area contributed by atoms with E-state index in [1.165, 1.54) is 7.11 Å². The minimum Gasteiger partial charge on any atom is -0.383 e. The van der Waals surface area contributed by atoms with E-state index in [2.05, 4.69) is 0 Å². The molecule has 0 aromatic rings. The van der Waals surface area contributed by atoms with Crippen molar-refractivity contribution in [1.29, 1.82) is 0 Å². The maximum absolute atomic E-state index is 11.7. The number of nitrogens with zero attached hydrogens (tertiary/aromatic N) is 1. The van der Waals surface area contributed by atoms with Crippen molar-refractivity contribution in [2.75, 3.05) is 34.0 Å². The van der Waals surface area contributed by atoms with Crippen LogP contribution in [0.25, 0.3) is 0 Å². The molecule has 1 amide bonds. The number of carbonyl (C=O) groups excluding carboxylic acids is 1. The fourth-order valence-electron chi connectivity index (χ4n) is 1.52. The maximum Gasteiger partial charge on any atom is 0.241 e. The van der Waals surface area contributed by atoms with Crippen molar-refractivity contribution in [2.24, 2.45) is 5.73 Å². The van der Waals surface area contributed by atoms with Gasteiger partial charge in [-0.2, -0.15) is 0 Å². The number of nitrogens with two attached hydrogens (primary N) is 1. The predicted octanol–water partition coefficient (Wildman–Crippen LogP) is -0.793. The molecule has 82 valence electrons. The second-order valence-electron chi connectivity index (χ2n) is 3.53. The monoisotopic (exact) mass is 202 g/mol. The number of methoxy groups -OCH3 is 1. The van der Waals surface area contributed by atoms with E-state index >= 15 is 0 Å². The van der Waals surface area contributed by atoms with Crippen LogP contribution < -0.4 is 5.73 Å². The van der Waals surface area contributed by atoms with Gasteiger partial charge >= 0.3 is 0 Å². The molecule has 1 fully saturated rings. The Hall–Kier alpha value is -0.650. The number of hydrogen-bond donors (Lipinski definition) is 1. The molecule has 2 atom stereocenters. The molecule has 1 aliphatic heterocycles. The first-order chi connectivity index (χ1) is 6.66. The predicted molar refractivity (Wildman–Crippen MR) is 51.8 cm³/mol. The second kappa shape index (κ2) is 5.29. The molecule has 1 saturated heterocycles. The van der Waals surface area contributed by atoms with E-state index in [9.17, 15) is 4.79 Å². The molecule has 2 N–H and O–H groups in total. The van der Waals surface area contributed by atoms with Gasteiger partial charge in [0.2, 0.25) is 5.91 Å². The van der Waals surface area contributed by atoms with E-state index in [-0.39, 0.29) is 18.6 Å². The van der Waals surface area contributed by atoms with Crippen molar-refractivity contribution in [2.45, 2.75) is 18.5 Å². The van der Waals surface area contributed by atoms with Gasteiger partial charge in [0.25, 0.3) is 0 Å². The number of likely N-dealkylation sites (N-methyl/N-ethyl adjacent to an activating group) is 1. The summed E-state index contributed by atoms with van der Waals surface area (Å²) in [6.07, 6.45) is 0.891. The van der Waals surface area contributed by atoms with Crippen LogP contribution in [-0.2, 0) is 14.3 Å². The van der Waals surface area contributed by atoms with Crippen LogP contribution in [0.5, 0.6) is 0 Å². The highest BCUT2D eigenvalue weighted by atomic mass is 16.5. The van der Waals surface area contributed by atoms with Crippen LogP contribution in [0.2, 0.25) is 0 Å². The lowest BCUT2D eigenvalue weighted by molar-refractivity contribution is -0.134. The van der Waals surface area contributed by atoms with Gasteiger partial charge in [-0.15, -0.1) is 0 Å². The summed E-state index contributed by atoms with van der Waals surface area (Å²) >= 11 is 0. The molecule has 0 aromatic heterocycles. The highest BCUT2D eigenvalue weighted by Gasteiger charge is 2.27. The van der Waals surface area contributed by atoms with E-state index in [1.54, 1.807) is 11.9 Å². The average Bonchev–Trinajstić information content (AvgIpc) is 2.68. The lowest BCUT2D eigenvalue weighted by Crippen LogP contribution is -2.48.